The maximum absolute atomic E-state index is 12.6. The highest BCUT2D eigenvalue weighted by molar-refractivity contribution is 5.86. The molecule has 0 spiro atoms. The molecule has 2 saturated heterocycles. The molecule has 6 heteroatoms. The summed E-state index contributed by atoms with van der Waals surface area (Å²) in [7, 11) is 0. The van der Waals surface area contributed by atoms with Crippen molar-refractivity contribution in [1.82, 2.24) is 9.80 Å². The number of aliphatic hydroxyl groups excluding tert-OH is 1. The van der Waals surface area contributed by atoms with E-state index >= 15 is 0 Å². The topological polar surface area (TPSA) is 70.1 Å². The molecule has 22 heavy (non-hydrogen) atoms. The summed E-state index contributed by atoms with van der Waals surface area (Å²) in [5, 5.41) is 10.3. The average molecular weight is 310 g/mol. The van der Waals surface area contributed by atoms with E-state index in [4.69, 9.17) is 4.74 Å². The maximum Gasteiger partial charge on any atom is 0.249 e. The molecule has 3 aliphatic rings. The molecule has 124 valence electrons. The summed E-state index contributed by atoms with van der Waals surface area (Å²) in [6, 6.07) is 0.152. The molecule has 0 radical (unpaired) electrons. The molecule has 3 atom stereocenters. The third-order valence-electron chi connectivity index (χ3n) is 5.31. The number of amides is 2. The Hall–Kier alpha value is -1.14. The van der Waals surface area contributed by atoms with Crippen LogP contribution in [0.25, 0.3) is 0 Å². The van der Waals surface area contributed by atoms with E-state index in [1.807, 2.05) is 4.90 Å². The molecule has 3 fully saturated rings. The Morgan fingerprint density at radius 1 is 1.18 bits per heavy atom. The average Bonchev–Trinajstić information content (AvgIpc) is 2.99. The lowest BCUT2D eigenvalue weighted by atomic mass is 9.80. The molecule has 0 aromatic rings. The molecule has 1 saturated carbocycles. The fraction of sp³-hybridized carbons (Fsp3) is 0.875. The Bertz CT molecular complexity index is 428. The molecule has 1 N–H and O–H groups in total. The fourth-order valence-electron chi connectivity index (χ4n) is 4.11. The maximum atomic E-state index is 12.6. The van der Waals surface area contributed by atoms with Crippen LogP contribution in [0, 0.1) is 5.92 Å². The van der Waals surface area contributed by atoms with Crippen LogP contribution in [0.15, 0.2) is 0 Å². The van der Waals surface area contributed by atoms with Crippen molar-refractivity contribution in [1.29, 1.82) is 0 Å². The zero-order chi connectivity index (χ0) is 15.5. The Morgan fingerprint density at radius 2 is 2.00 bits per heavy atom. The Balaban J connectivity index is 1.62. The first-order valence-corrected chi connectivity index (χ1v) is 8.50. The quantitative estimate of drug-likeness (QED) is 0.818. The number of carbonyl (C=O) groups excluding carboxylic acids is 2. The highest BCUT2D eigenvalue weighted by Crippen LogP contribution is 2.34. The van der Waals surface area contributed by atoms with Crippen LogP contribution in [0.5, 0.6) is 0 Å². The first-order valence-electron chi connectivity index (χ1n) is 8.50. The van der Waals surface area contributed by atoms with Crippen molar-refractivity contribution in [2.75, 3.05) is 32.8 Å². The zero-order valence-corrected chi connectivity index (χ0v) is 13.1. The van der Waals surface area contributed by atoms with Crippen molar-refractivity contribution in [3.63, 3.8) is 0 Å². The van der Waals surface area contributed by atoms with Crippen molar-refractivity contribution in [3.8, 4) is 0 Å². The number of nitrogens with zero attached hydrogens (tertiary/aromatic N) is 2. The first kappa shape index (κ1) is 15.7. The van der Waals surface area contributed by atoms with Gasteiger partial charge in [-0.15, -0.1) is 0 Å². The van der Waals surface area contributed by atoms with E-state index in [0.29, 0.717) is 13.2 Å². The van der Waals surface area contributed by atoms with Crippen LogP contribution >= 0.6 is 0 Å². The van der Waals surface area contributed by atoms with Gasteiger partial charge in [0.05, 0.1) is 19.3 Å². The number of likely N-dealkylation sites (tertiary alicyclic amines) is 1. The van der Waals surface area contributed by atoms with E-state index < -0.39 is 0 Å². The van der Waals surface area contributed by atoms with Gasteiger partial charge in [-0.25, -0.2) is 0 Å². The van der Waals surface area contributed by atoms with Crippen molar-refractivity contribution in [3.05, 3.63) is 0 Å². The third-order valence-corrected chi connectivity index (χ3v) is 5.31. The second-order valence-electron chi connectivity index (χ2n) is 6.68. The summed E-state index contributed by atoms with van der Waals surface area (Å²) in [5.74, 6) is 0.129. The molecule has 0 bridgehead atoms. The van der Waals surface area contributed by atoms with Gasteiger partial charge in [-0.2, -0.15) is 0 Å². The molecular weight excluding hydrogens is 284 g/mol. The van der Waals surface area contributed by atoms with Crippen molar-refractivity contribution >= 4 is 11.8 Å². The Morgan fingerprint density at radius 3 is 2.77 bits per heavy atom. The fourth-order valence-corrected chi connectivity index (χ4v) is 4.11. The normalized spacial score (nSPS) is 33.3. The molecule has 1 aliphatic carbocycles. The van der Waals surface area contributed by atoms with Gasteiger partial charge in [-0.05, 0) is 25.7 Å². The van der Waals surface area contributed by atoms with E-state index in [2.05, 4.69) is 0 Å². The van der Waals surface area contributed by atoms with Crippen LogP contribution in [-0.4, -0.2) is 71.7 Å². The summed E-state index contributed by atoms with van der Waals surface area (Å²) in [4.78, 5) is 27.9. The largest absolute Gasteiger partial charge is 0.393 e. The molecular formula is C16H26N2O4. The minimum Gasteiger partial charge on any atom is -0.393 e. The number of hydrogen-bond acceptors (Lipinski definition) is 4. The lowest BCUT2D eigenvalue weighted by Crippen LogP contribution is -2.51. The van der Waals surface area contributed by atoms with Crippen molar-refractivity contribution in [2.24, 2.45) is 5.92 Å². The minimum absolute atomic E-state index is 0.0236. The van der Waals surface area contributed by atoms with E-state index in [1.54, 1.807) is 4.90 Å². The highest BCUT2D eigenvalue weighted by Gasteiger charge is 2.39. The van der Waals surface area contributed by atoms with Crippen LogP contribution < -0.4 is 0 Å². The predicted octanol–water partition coefficient (Wildman–Crippen LogP) is 0.387. The number of carbonyl (C=O) groups is 2. The van der Waals surface area contributed by atoms with E-state index in [-0.39, 0.29) is 43.0 Å². The summed E-state index contributed by atoms with van der Waals surface area (Å²) in [6.07, 6.45) is 5.78. The minimum atomic E-state index is -0.280. The SMILES string of the molecule is O=C1COCCN1CC(=O)N1CCC[C@@H]1[C@H]1CCCC[C@H]1O. The van der Waals surface area contributed by atoms with Gasteiger partial charge in [0.15, 0.2) is 0 Å². The van der Waals surface area contributed by atoms with E-state index in [0.717, 1.165) is 45.1 Å². The van der Waals surface area contributed by atoms with Gasteiger partial charge in [0.1, 0.15) is 6.61 Å². The van der Waals surface area contributed by atoms with Crippen LogP contribution in [0.2, 0.25) is 0 Å². The summed E-state index contributed by atoms with van der Waals surface area (Å²) < 4.78 is 5.10. The van der Waals surface area contributed by atoms with Gasteiger partial charge >= 0.3 is 0 Å². The molecule has 0 aromatic carbocycles. The second-order valence-corrected chi connectivity index (χ2v) is 6.68. The predicted molar refractivity (Wildman–Crippen MR) is 80.1 cm³/mol. The van der Waals surface area contributed by atoms with Crippen molar-refractivity contribution in [2.45, 2.75) is 50.7 Å². The third kappa shape index (κ3) is 3.27. The van der Waals surface area contributed by atoms with Gasteiger partial charge in [0, 0.05) is 25.0 Å². The first-order chi connectivity index (χ1) is 10.7. The molecule has 0 aromatic heterocycles. The van der Waals surface area contributed by atoms with E-state index in [1.165, 1.54) is 0 Å². The number of ether oxygens (including phenoxy) is 1. The van der Waals surface area contributed by atoms with Crippen LogP contribution in [0.4, 0.5) is 0 Å². The zero-order valence-electron chi connectivity index (χ0n) is 13.1. The van der Waals surface area contributed by atoms with Gasteiger partial charge in [0.25, 0.3) is 0 Å². The smallest absolute Gasteiger partial charge is 0.249 e. The Labute approximate surface area is 131 Å². The Kier molecular flexibility index (Phi) is 4.98. The molecule has 0 unspecified atom stereocenters. The second kappa shape index (κ2) is 6.96. The van der Waals surface area contributed by atoms with Crippen LogP contribution in [0.1, 0.15) is 38.5 Å². The molecule has 3 rings (SSSR count). The van der Waals surface area contributed by atoms with Gasteiger partial charge in [-0.3, -0.25) is 9.59 Å². The number of aliphatic hydroxyl groups is 1. The number of morpholine rings is 1. The van der Waals surface area contributed by atoms with E-state index in [9.17, 15) is 14.7 Å². The monoisotopic (exact) mass is 310 g/mol. The lowest BCUT2D eigenvalue weighted by molar-refractivity contribution is -0.149. The summed E-state index contributed by atoms with van der Waals surface area (Å²) in [6.45, 7) is 1.99. The molecule has 2 amide bonds. The van der Waals surface area contributed by atoms with Gasteiger partial charge < -0.3 is 19.6 Å². The molecule has 2 heterocycles. The highest BCUT2D eigenvalue weighted by atomic mass is 16.5. The number of rotatable bonds is 3. The van der Waals surface area contributed by atoms with Gasteiger partial charge in [0.2, 0.25) is 11.8 Å². The molecule has 6 nitrogen and oxygen atoms in total. The van der Waals surface area contributed by atoms with Crippen molar-refractivity contribution < 1.29 is 19.4 Å². The lowest BCUT2D eigenvalue weighted by Gasteiger charge is -2.38. The van der Waals surface area contributed by atoms with Gasteiger partial charge in [-0.1, -0.05) is 12.8 Å². The summed E-state index contributed by atoms with van der Waals surface area (Å²) >= 11 is 0. The molecule has 2 aliphatic heterocycles. The standard InChI is InChI=1S/C16H26N2O4/c19-14-6-2-1-4-12(14)13-5-3-7-18(13)15(20)10-17-8-9-22-11-16(17)21/h12-14,19H,1-11H2/t12-,13-,14-/m1/s1. The number of hydrogen-bond donors (Lipinski definition) is 1. The summed E-state index contributed by atoms with van der Waals surface area (Å²) in [5.41, 5.74) is 0. The van der Waals surface area contributed by atoms with Crippen LogP contribution in [0.3, 0.4) is 0 Å². The van der Waals surface area contributed by atoms with Crippen LogP contribution in [-0.2, 0) is 14.3 Å².